The molecule has 2 aromatic rings. The van der Waals surface area contributed by atoms with Crippen LogP contribution in [0.25, 0.3) is 0 Å². The third kappa shape index (κ3) is 4.75. The highest BCUT2D eigenvalue weighted by Gasteiger charge is 2.61. The third-order valence-corrected chi connectivity index (χ3v) is 5.31. The Bertz CT molecular complexity index is 1020. The molecule has 0 aliphatic carbocycles. The van der Waals surface area contributed by atoms with Gasteiger partial charge in [0.1, 0.15) is 12.2 Å². The van der Waals surface area contributed by atoms with Crippen molar-refractivity contribution in [2.45, 2.75) is 43.2 Å². The molecule has 3 N–H and O–H groups in total. The first-order chi connectivity index (χ1) is 15.4. The first-order valence-electron chi connectivity index (χ1n) is 9.60. The van der Waals surface area contributed by atoms with Crippen molar-refractivity contribution in [3.05, 3.63) is 47.5 Å². The maximum atomic E-state index is 14.2. The molecular weight excluding hydrogens is 457 g/mol. The Morgan fingerprint density at radius 1 is 1.33 bits per heavy atom. The number of ether oxygens (including phenoxy) is 2. The van der Waals surface area contributed by atoms with E-state index in [1.54, 1.807) is 0 Å². The predicted molar refractivity (Wildman–Crippen MR) is 102 cm³/mol. The number of anilines is 1. The summed E-state index contributed by atoms with van der Waals surface area (Å²) >= 11 is 0. The lowest BCUT2D eigenvalue weighted by atomic mass is 9.85. The summed E-state index contributed by atoms with van der Waals surface area (Å²) < 4.78 is 79.0. The Hall–Kier alpha value is -2.90. The molecule has 0 saturated carbocycles. The number of rotatable bonds is 6. The van der Waals surface area contributed by atoms with Crippen LogP contribution in [0.3, 0.4) is 0 Å². The van der Waals surface area contributed by atoms with E-state index < -0.39 is 66.2 Å². The minimum Gasteiger partial charge on any atom is -0.493 e. The van der Waals surface area contributed by atoms with Crippen molar-refractivity contribution in [2.24, 2.45) is 0 Å². The highest BCUT2D eigenvalue weighted by molar-refractivity contribution is 5.95. The molecule has 3 rings (SSSR count). The van der Waals surface area contributed by atoms with Gasteiger partial charge in [-0.25, -0.2) is 14.4 Å². The second-order valence-electron chi connectivity index (χ2n) is 7.58. The molecule has 0 spiro atoms. The van der Waals surface area contributed by atoms with Crippen molar-refractivity contribution in [2.75, 3.05) is 19.0 Å². The number of aliphatic hydroxyl groups excluding tert-OH is 2. The zero-order valence-electron chi connectivity index (χ0n) is 17.4. The number of carbonyl (C=O) groups is 1. The number of alkyl halides is 3. The van der Waals surface area contributed by atoms with Crippen molar-refractivity contribution in [1.82, 2.24) is 9.97 Å². The zero-order chi connectivity index (χ0) is 24.6. The Morgan fingerprint density at radius 2 is 1.97 bits per heavy atom. The summed E-state index contributed by atoms with van der Waals surface area (Å²) in [6.45, 7) is 0.114. The number of amides is 1. The van der Waals surface area contributed by atoms with Crippen LogP contribution in [0.4, 0.5) is 27.6 Å². The van der Waals surface area contributed by atoms with Crippen molar-refractivity contribution in [3.8, 4) is 5.75 Å². The summed E-state index contributed by atoms with van der Waals surface area (Å²) in [7, 11) is 1.02. The van der Waals surface area contributed by atoms with E-state index in [1.807, 2.05) is 0 Å². The SMILES string of the molecule is COc1c([C@@H]2C[C@](C)(C(F)(F)F)O[C@H]2C(=O)Nc2cnc([C@H](O)CO)nc2)ccc(F)c1F. The highest BCUT2D eigenvalue weighted by Crippen LogP contribution is 2.51. The van der Waals surface area contributed by atoms with E-state index in [0.29, 0.717) is 0 Å². The van der Waals surface area contributed by atoms with Gasteiger partial charge in [0.25, 0.3) is 5.91 Å². The summed E-state index contributed by atoms with van der Waals surface area (Å²) in [5, 5.41) is 20.7. The van der Waals surface area contributed by atoms with Gasteiger partial charge in [-0.1, -0.05) is 6.07 Å². The molecule has 33 heavy (non-hydrogen) atoms. The molecule has 4 atom stereocenters. The van der Waals surface area contributed by atoms with Gasteiger partial charge in [-0.15, -0.1) is 0 Å². The minimum atomic E-state index is -4.86. The number of nitrogens with zero attached hydrogens (tertiary/aromatic N) is 2. The van der Waals surface area contributed by atoms with Crippen LogP contribution in [-0.2, 0) is 9.53 Å². The van der Waals surface area contributed by atoms with Crippen LogP contribution in [-0.4, -0.2) is 57.7 Å². The van der Waals surface area contributed by atoms with Gasteiger partial charge in [0, 0.05) is 11.5 Å². The molecule has 1 amide bonds. The van der Waals surface area contributed by atoms with Crippen LogP contribution in [0.2, 0.25) is 0 Å². The van der Waals surface area contributed by atoms with Crippen molar-refractivity contribution in [1.29, 1.82) is 0 Å². The molecule has 2 heterocycles. The summed E-state index contributed by atoms with van der Waals surface area (Å²) in [6.07, 6.45) is -6.58. The number of aliphatic hydroxyl groups is 2. The zero-order valence-corrected chi connectivity index (χ0v) is 17.4. The molecule has 0 unspecified atom stereocenters. The normalized spacial score (nSPS) is 23.9. The Balaban J connectivity index is 1.95. The van der Waals surface area contributed by atoms with Crippen LogP contribution in [0.1, 0.15) is 36.8 Å². The Kier molecular flexibility index (Phi) is 6.86. The molecule has 1 aliphatic heterocycles. The van der Waals surface area contributed by atoms with E-state index in [0.717, 1.165) is 38.6 Å². The maximum absolute atomic E-state index is 14.2. The molecule has 1 aromatic carbocycles. The largest absolute Gasteiger partial charge is 0.493 e. The van der Waals surface area contributed by atoms with Crippen molar-refractivity contribution in [3.63, 3.8) is 0 Å². The Morgan fingerprint density at radius 3 is 2.52 bits per heavy atom. The van der Waals surface area contributed by atoms with Crippen LogP contribution in [0.5, 0.6) is 5.75 Å². The summed E-state index contributed by atoms with van der Waals surface area (Å²) in [6, 6.07) is 1.77. The maximum Gasteiger partial charge on any atom is 0.417 e. The lowest BCUT2D eigenvalue weighted by Gasteiger charge is -2.27. The second-order valence-corrected chi connectivity index (χ2v) is 7.58. The number of carbonyl (C=O) groups excluding carboxylic acids is 1. The second kappa shape index (κ2) is 9.15. The van der Waals surface area contributed by atoms with Crippen molar-refractivity contribution >= 4 is 11.6 Å². The molecule has 0 radical (unpaired) electrons. The summed E-state index contributed by atoms with van der Waals surface area (Å²) in [5.74, 6) is -5.78. The number of hydrogen-bond acceptors (Lipinski definition) is 7. The fraction of sp³-hybridized carbons (Fsp3) is 0.450. The molecule has 1 aliphatic rings. The minimum absolute atomic E-state index is 0.0332. The van der Waals surface area contributed by atoms with Crippen LogP contribution in [0, 0.1) is 11.6 Å². The third-order valence-electron chi connectivity index (χ3n) is 5.31. The van der Waals surface area contributed by atoms with Crippen LogP contribution in [0.15, 0.2) is 24.5 Å². The molecule has 180 valence electrons. The quantitative estimate of drug-likeness (QED) is 0.548. The molecule has 8 nitrogen and oxygen atoms in total. The number of halogens is 5. The van der Waals surface area contributed by atoms with Gasteiger partial charge in [-0.3, -0.25) is 4.79 Å². The fourth-order valence-electron chi connectivity index (χ4n) is 3.55. The van der Waals surface area contributed by atoms with Gasteiger partial charge < -0.3 is 25.0 Å². The van der Waals surface area contributed by atoms with Gasteiger partial charge in [0.15, 0.2) is 23.0 Å². The standard InChI is InChI=1S/C20H20F5N3O5/c1-19(20(23,24)25)5-11(10-3-4-12(21)14(22)15(10)32-2)16(33-19)18(31)28-9-6-26-17(27-7-9)13(30)8-29/h3-4,6-7,11,13,16,29-30H,5,8H2,1-2H3,(H,28,31)/t11-,13+,16+,19+/m0/s1. The lowest BCUT2D eigenvalue weighted by molar-refractivity contribution is -0.261. The molecule has 1 saturated heterocycles. The van der Waals surface area contributed by atoms with Gasteiger partial charge in [-0.05, 0) is 19.4 Å². The van der Waals surface area contributed by atoms with Gasteiger partial charge >= 0.3 is 6.18 Å². The summed E-state index contributed by atoms with van der Waals surface area (Å²) in [4.78, 5) is 20.4. The molecule has 13 heteroatoms. The average Bonchev–Trinajstić information content (AvgIpc) is 3.14. The first kappa shape index (κ1) is 24.7. The number of benzene rings is 1. The topological polar surface area (TPSA) is 114 Å². The molecule has 1 aromatic heterocycles. The fourth-order valence-corrected chi connectivity index (χ4v) is 3.55. The van der Waals surface area contributed by atoms with E-state index in [4.69, 9.17) is 14.6 Å². The van der Waals surface area contributed by atoms with Crippen molar-refractivity contribution < 1.29 is 46.4 Å². The summed E-state index contributed by atoms with van der Waals surface area (Å²) in [5.41, 5.74) is -2.95. The Labute approximate surface area is 184 Å². The highest BCUT2D eigenvalue weighted by atomic mass is 19.4. The number of aromatic nitrogens is 2. The van der Waals surface area contributed by atoms with E-state index in [9.17, 15) is 31.9 Å². The smallest absolute Gasteiger partial charge is 0.417 e. The van der Waals surface area contributed by atoms with Crippen LogP contribution < -0.4 is 10.1 Å². The molecule has 0 bridgehead atoms. The number of nitrogens with one attached hydrogen (secondary N) is 1. The van der Waals surface area contributed by atoms with Gasteiger partial charge in [-0.2, -0.15) is 17.6 Å². The molecular formula is C20H20F5N3O5. The van der Waals surface area contributed by atoms with Gasteiger partial charge in [0.2, 0.25) is 5.82 Å². The molecule has 1 fully saturated rings. The van der Waals surface area contributed by atoms with Gasteiger partial charge in [0.05, 0.1) is 31.8 Å². The number of hydrogen-bond donors (Lipinski definition) is 3. The van der Waals surface area contributed by atoms with E-state index in [1.165, 1.54) is 0 Å². The first-order valence-corrected chi connectivity index (χ1v) is 9.60. The average molecular weight is 477 g/mol. The van der Waals surface area contributed by atoms with Crippen LogP contribution >= 0.6 is 0 Å². The lowest BCUT2D eigenvalue weighted by Crippen LogP contribution is -2.43. The monoisotopic (exact) mass is 477 g/mol. The van der Waals surface area contributed by atoms with E-state index in [2.05, 4.69) is 15.3 Å². The predicted octanol–water partition coefficient (Wildman–Crippen LogP) is 2.62. The van der Waals surface area contributed by atoms with E-state index in [-0.39, 0.29) is 17.1 Å². The number of methoxy groups -OCH3 is 1. The van der Waals surface area contributed by atoms with E-state index >= 15 is 0 Å².